The van der Waals surface area contributed by atoms with Gasteiger partial charge in [-0.2, -0.15) is 4.98 Å². The van der Waals surface area contributed by atoms with Gasteiger partial charge >= 0.3 is 17.9 Å². The first-order chi connectivity index (χ1) is 13.7. The van der Waals surface area contributed by atoms with Crippen molar-refractivity contribution < 1.29 is 33.3 Å². The van der Waals surface area contributed by atoms with E-state index in [9.17, 15) is 19.2 Å². The zero-order valence-electron chi connectivity index (χ0n) is 15.8. The van der Waals surface area contributed by atoms with E-state index in [0.717, 1.165) is 0 Å². The standard InChI is InChI=1S/C16H19N5O8/c1-6(22)26-4-9-11(27-7(2)23)12(28-8(3)24)15(29-9)21-5-18-10-13(21)19-16(17)20-14(10)25/h5,9,11-12,15H,4H2,1-3H3,(H3,17,19,20,25)/t9-,11?,12-,15+/m0/s1. The van der Waals surface area contributed by atoms with Gasteiger partial charge in [0.05, 0.1) is 6.33 Å². The molecule has 1 aliphatic rings. The summed E-state index contributed by atoms with van der Waals surface area (Å²) in [4.78, 5) is 56.9. The Bertz CT molecular complexity index is 1010. The number of carbonyl (C=O) groups excluding carboxylic acids is 3. The zero-order chi connectivity index (χ0) is 21.3. The number of ether oxygens (including phenoxy) is 4. The van der Waals surface area contributed by atoms with Crippen LogP contribution in [0.15, 0.2) is 11.1 Å². The van der Waals surface area contributed by atoms with Gasteiger partial charge in [-0.05, 0) is 0 Å². The Hall–Kier alpha value is -3.48. The molecule has 1 fully saturated rings. The fourth-order valence-electron chi connectivity index (χ4n) is 3.05. The maximum absolute atomic E-state index is 12.0. The number of aromatic nitrogens is 4. The van der Waals surface area contributed by atoms with Crippen molar-refractivity contribution in [2.45, 2.75) is 45.3 Å². The van der Waals surface area contributed by atoms with Crippen LogP contribution in [0.25, 0.3) is 11.2 Å². The topological polar surface area (TPSA) is 178 Å². The highest BCUT2D eigenvalue weighted by Crippen LogP contribution is 2.35. The highest BCUT2D eigenvalue weighted by molar-refractivity contribution is 5.71. The van der Waals surface area contributed by atoms with E-state index >= 15 is 0 Å². The molecule has 156 valence electrons. The van der Waals surface area contributed by atoms with E-state index in [-0.39, 0.29) is 23.7 Å². The summed E-state index contributed by atoms with van der Waals surface area (Å²) >= 11 is 0. The van der Waals surface area contributed by atoms with Crippen LogP contribution in [-0.2, 0) is 33.3 Å². The first-order valence-electron chi connectivity index (χ1n) is 8.53. The summed E-state index contributed by atoms with van der Waals surface area (Å²) in [5.74, 6) is -2.04. The molecule has 0 spiro atoms. The molecule has 29 heavy (non-hydrogen) atoms. The fraction of sp³-hybridized carbons (Fsp3) is 0.500. The van der Waals surface area contributed by atoms with Crippen molar-refractivity contribution in [3.05, 3.63) is 16.7 Å². The molecule has 1 saturated heterocycles. The predicted octanol–water partition coefficient (Wildman–Crippen LogP) is -0.974. The minimum Gasteiger partial charge on any atom is -0.463 e. The SMILES string of the molecule is CC(=O)OC[C@@H]1O[C@@H](n2cnc3c(=O)[nH]c(N)nc32)[C@@H](OC(C)=O)C1OC(C)=O. The van der Waals surface area contributed by atoms with E-state index in [0.29, 0.717) is 0 Å². The van der Waals surface area contributed by atoms with Crippen molar-refractivity contribution in [3.63, 3.8) is 0 Å². The Labute approximate surface area is 163 Å². The number of carbonyl (C=O) groups is 3. The van der Waals surface area contributed by atoms with Gasteiger partial charge in [-0.15, -0.1) is 0 Å². The number of nitrogens with two attached hydrogens (primary N) is 1. The first kappa shape index (κ1) is 20.3. The molecule has 0 radical (unpaired) electrons. The quantitative estimate of drug-likeness (QED) is 0.458. The van der Waals surface area contributed by atoms with Crippen LogP contribution in [0, 0.1) is 0 Å². The van der Waals surface area contributed by atoms with Crippen LogP contribution >= 0.6 is 0 Å². The van der Waals surface area contributed by atoms with Gasteiger partial charge in [0.15, 0.2) is 29.6 Å². The first-order valence-corrected chi connectivity index (χ1v) is 8.53. The van der Waals surface area contributed by atoms with Gasteiger partial charge in [-0.25, -0.2) is 4.98 Å². The van der Waals surface area contributed by atoms with E-state index in [1.54, 1.807) is 0 Å². The van der Waals surface area contributed by atoms with Crippen molar-refractivity contribution in [2.24, 2.45) is 0 Å². The van der Waals surface area contributed by atoms with Crippen LogP contribution in [0.1, 0.15) is 27.0 Å². The van der Waals surface area contributed by atoms with Gasteiger partial charge < -0.3 is 24.7 Å². The molecule has 2 aromatic rings. The Kier molecular flexibility index (Phi) is 5.50. The van der Waals surface area contributed by atoms with E-state index in [1.165, 1.54) is 31.7 Å². The number of nitrogens with zero attached hydrogens (tertiary/aromatic N) is 3. The molecule has 3 N–H and O–H groups in total. The molecule has 13 heteroatoms. The minimum absolute atomic E-state index is 0.0168. The van der Waals surface area contributed by atoms with Crippen LogP contribution in [0.4, 0.5) is 5.95 Å². The van der Waals surface area contributed by atoms with Crippen molar-refractivity contribution in [1.82, 2.24) is 19.5 Å². The predicted molar refractivity (Wildman–Crippen MR) is 94.2 cm³/mol. The van der Waals surface area contributed by atoms with Crippen LogP contribution in [-0.4, -0.2) is 62.3 Å². The van der Waals surface area contributed by atoms with E-state index in [4.69, 9.17) is 24.7 Å². The molecule has 4 atom stereocenters. The van der Waals surface area contributed by atoms with Crippen molar-refractivity contribution in [2.75, 3.05) is 12.3 Å². The third-order valence-corrected chi connectivity index (χ3v) is 4.07. The van der Waals surface area contributed by atoms with Gasteiger partial charge in [0.1, 0.15) is 12.7 Å². The molecular formula is C16H19N5O8. The Balaban J connectivity index is 2.05. The van der Waals surface area contributed by atoms with E-state index in [1.807, 2.05) is 0 Å². The van der Waals surface area contributed by atoms with Crippen molar-refractivity contribution in [3.8, 4) is 0 Å². The summed E-state index contributed by atoms with van der Waals surface area (Å²) in [5, 5.41) is 0. The molecule has 0 saturated carbocycles. The summed E-state index contributed by atoms with van der Waals surface area (Å²) in [6, 6.07) is 0. The molecule has 0 aliphatic carbocycles. The Morgan fingerprint density at radius 2 is 1.83 bits per heavy atom. The average molecular weight is 409 g/mol. The van der Waals surface area contributed by atoms with Gasteiger partial charge in [0.2, 0.25) is 5.95 Å². The maximum Gasteiger partial charge on any atom is 0.303 e. The lowest BCUT2D eigenvalue weighted by Gasteiger charge is -2.23. The minimum atomic E-state index is -1.13. The monoisotopic (exact) mass is 409 g/mol. The second kappa shape index (κ2) is 7.87. The Morgan fingerprint density at radius 3 is 2.45 bits per heavy atom. The molecule has 3 rings (SSSR count). The number of H-pyrrole nitrogens is 1. The number of imidazole rings is 1. The van der Waals surface area contributed by atoms with E-state index < -0.39 is 48.0 Å². The van der Waals surface area contributed by atoms with Gasteiger partial charge in [0.25, 0.3) is 5.56 Å². The molecule has 1 aliphatic heterocycles. The summed E-state index contributed by atoms with van der Waals surface area (Å²) in [5.41, 5.74) is 5.09. The van der Waals surface area contributed by atoms with Gasteiger partial charge in [-0.1, -0.05) is 0 Å². The molecule has 13 nitrogen and oxygen atoms in total. The number of hydrogen-bond acceptors (Lipinski definition) is 11. The van der Waals surface area contributed by atoms with Crippen LogP contribution < -0.4 is 11.3 Å². The third kappa shape index (κ3) is 4.18. The third-order valence-electron chi connectivity index (χ3n) is 4.07. The maximum atomic E-state index is 12.0. The molecule has 0 bridgehead atoms. The molecule has 3 heterocycles. The van der Waals surface area contributed by atoms with Crippen LogP contribution in [0.5, 0.6) is 0 Å². The summed E-state index contributed by atoms with van der Waals surface area (Å²) < 4.78 is 22.8. The zero-order valence-corrected chi connectivity index (χ0v) is 15.8. The lowest BCUT2D eigenvalue weighted by atomic mass is 10.1. The number of hydrogen-bond donors (Lipinski definition) is 2. The van der Waals surface area contributed by atoms with Crippen molar-refractivity contribution >= 4 is 35.0 Å². The normalized spacial score (nSPS) is 23.7. The average Bonchev–Trinajstić information content (AvgIpc) is 3.15. The number of nitrogen functional groups attached to an aromatic ring is 1. The van der Waals surface area contributed by atoms with Crippen molar-refractivity contribution in [1.29, 1.82) is 0 Å². The second-order valence-electron chi connectivity index (χ2n) is 6.29. The summed E-state index contributed by atoms with van der Waals surface area (Å²) in [6.07, 6.45) is -2.99. The number of anilines is 1. The fourth-order valence-corrected chi connectivity index (χ4v) is 3.05. The molecule has 1 unspecified atom stereocenters. The number of fused-ring (bicyclic) bond motifs is 1. The van der Waals surface area contributed by atoms with Gasteiger partial charge in [-0.3, -0.25) is 28.7 Å². The Morgan fingerprint density at radius 1 is 1.17 bits per heavy atom. The number of nitrogens with one attached hydrogen (secondary N) is 1. The highest BCUT2D eigenvalue weighted by Gasteiger charge is 2.51. The van der Waals surface area contributed by atoms with E-state index in [2.05, 4.69) is 15.0 Å². The molecule has 2 aromatic heterocycles. The highest BCUT2D eigenvalue weighted by atomic mass is 16.7. The number of esters is 3. The van der Waals surface area contributed by atoms with Crippen LogP contribution in [0.3, 0.4) is 0 Å². The lowest BCUT2D eigenvalue weighted by molar-refractivity contribution is -0.166. The number of rotatable bonds is 5. The van der Waals surface area contributed by atoms with Gasteiger partial charge in [0, 0.05) is 20.8 Å². The smallest absolute Gasteiger partial charge is 0.303 e. The molecule has 0 amide bonds. The lowest BCUT2D eigenvalue weighted by Crippen LogP contribution is -2.40. The largest absolute Gasteiger partial charge is 0.463 e. The summed E-state index contributed by atoms with van der Waals surface area (Å²) in [6.45, 7) is 3.30. The number of aromatic amines is 1. The second-order valence-corrected chi connectivity index (χ2v) is 6.29. The molecular weight excluding hydrogens is 390 g/mol. The summed E-state index contributed by atoms with van der Waals surface area (Å²) in [7, 11) is 0. The molecule has 0 aromatic carbocycles. The van der Waals surface area contributed by atoms with Crippen LogP contribution in [0.2, 0.25) is 0 Å².